The summed E-state index contributed by atoms with van der Waals surface area (Å²) in [6, 6.07) is 5.66. The van der Waals surface area contributed by atoms with Gasteiger partial charge in [0.25, 0.3) is 5.56 Å². The van der Waals surface area contributed by atoms with Crippen molar-refractivity contribution in [3.63, 3.8) is 0 Å². The Morgan fingerprint density at radius 3 is 2.67 bits per heavy atom. The smallest absolute Gasteiger partial charge is 0.324 e. The number of carbonyl (C=O) groups excluding carboxylic acids is 1. The minimum atomic E-state index is -0.488. The van der Waals surface area contributed by atoms with Crippen molar-refractivity contribution >= 4 is 34.2 Å². The van der Waals surface area contributed by atoms with Crippen LogP contribution in [-0.4, -0.2) is 19.4 Å². The molecule has 0 spiro atoms. The Kier molecular flexibility index (Phi) is 5.27. The van der Waals surface area contributed by atoms with Crippen LogP contribution in [0.2, 0.25) is 0 Å². The Morgan fingerprint density at radius 1 is 1.22 bits per heavy atom. The molecule has 2 heterocycles. The first kappa shape index (κ1) is 19.0. The van der Waals surface area contributed by atoms with Crippen molar-refractivity contribution in [1.29, 1.82) is 0 Å². The number of anilines is 1. The normalized spacial score (nSPS) is 11.3. The van der Waals surface area contributed by atoms with Crippen LogP contribution in [-0.2, 0) is 17.9 Å². The summed E-state index contributed by atoms with van der Waals surface area (Å²) in [6.07, 6.45) is 0. The van der Waals surface area contributed by atoms with E-state index < -0.39 is 11.2 Å². The van der Waals surface area contributed by atoms with E-state index in [2.05, 4.69) is 9.69 Å². The van der Waals surface area contributed by atoms with Gasteiger partial charge in [-0.05, 0) is 48.5 Å². The lowest BCUT2D eigenvalue weighted by molar-refractivity contribution is -0.116. The molecule has 1 aromatic carbocycles. The maximum atomic E-state index is 12.9. The third-order valence-electron chi connectivity index (χ3n) is 4.48. The van der Waals surface area contributed by atoms with Crippen LogP contribution in [0.5, 0.6) is 0 Å². The summed E-state index contributed by atoms with van der Waals surface area (Å²) in [7, 11) is 0. The standard InChI is InChI=1S/C19H22N4O3S/c1-11(2)8-23-18(25)17-15(10-27-21-17)22(19(23)26)9-16(24)20-14-7-5-6-12(3)13(14)4/h5-7,10-11H,8-9H2,1-4H3,(H,20,24). The second-order valence-corrected chi connectivity index (χ2v) is 7.65. The molecule has 0 saturated carbocycles. The molecule has 1 N–H and O–H groups in total. The quantitative estimate of drug-likeness (QED) is 0.730. The van der Waals surface area contributed by atoms with Crippen LogP contribution in [0.25, 0.3) is 11.0 Å². The van der Waals surface area contributed by atoms with Gasteiger partial charge in [0.2, 0.25) is 5.91 Å². The molecule has 3 rings (SSSR count). The zero-order valence-electron chi connectivity index (χ0n) is 15.8. The van der Waals surface area contributed by atoms with Gasteiger partial charge in [0, 0.05) is 17.6 Å². The molecule has 142 valence electrons. The molecule has 0 aliphatic rings. The molecule has 8 heteroatoms. The van der Waals surface area contributed by atoms with E-state index in [1.807, 2.05) is 45.9 Å². The number of fused-ring (bicyclic) bond motifs is 1. The van der Waals surface area contributed by atoms with Crippen molar-refractivity contribution in [1.82, 2.24) is 13.5 Å². The fourth-order valence-electron chi connectivity index (χ4n) is 2.93. The molecule has 3 aromatic rings. The zero-order valence-corrected chi connectivity index (χ0v) is 16.6. The van der Waals surface area contributed by atoms with Crippen LogP contribution in [0.3, 0.4) is 0 Å². The monoisotopic (exact) mass is 386 g/mol. The number of rotatable bonds is 5. The first-order valence-electron chi connectivity index (χ1n) is 8.73. The number of aryl methyl sites for hydroxylation is 1. The highest BCUT2D eigenvalue weighted by atomic mass is 32.1. The van der Waals surface area contributed by atoms with Crippen LogP contribution in [0, 0.1) is 19.8 Å². The number of aromatic nitrogens is 3. The number of carbonyl (C=O) groups is 1. The molecular formula is C19H22N4O3S. The summed E-state index contributed by atoms with van der Waals surface area (Å²) < 4.78 is 6.61. The van der Waals surface area contributed by atoms with Crippen molar-refractivity contribution in [3.8, 4) is 0 Å². The predicted molar refractivity (Wildman–Crippen MR) is 108 cm³/mol. The maximum Gasteiger partial charge on any atom is 0.332 e. The third kappa shape index (κ3) is 3.71. The van der Waals surface area contributed by atoms with Gasteiger partial charge in [-0.1, -0.05) is 26.0 Å². The van der Waals surface area contributed by atoms with Gasteiger partial charge >= 0.3 is 5.69 Å². The number of benzene rings is 1. The van der Waals surface area contributed by atoms with E-state index in [9.17, 15) is 14.4 Å². The number of hydrogen-bond acceptors (Lipinski definition) is 5. The van der Waals surface area contributed by atoms with Gasteiger partial charge in [0.15, 0.2) is 5.52 Å². The average Bonchev–Trinajstić information content (AvgIpc) is 3.09. The molecule has 0 unspecified atom stereocenters. The molecule has 0 aliphatic heterocycles. The van der Waals surface area contributed by atoms with Gasteiger partial charge < -0.3 is 5.32 Å². The molecule has 0 aliphatic carbocycles. The fraction of sp³-hybridized carbons (Fsp3) is 0.368. The van der Waals surface area contributed by atoms with Crippen molar-refractivity contribution in [3.05, 3.63) is 55.5 Å². The van der Waals surface area contributed by atoms with E-state index >= 15 is 0 Å². The average molecular weight is 386 g/mol. The van der Waals surface area contributed by atoms with Gasteiger partial charge in [-0.3, -0.25) is 18.7 Å². The second-order valence-electron chi connectivity index (χ2n) is 7.02. The van der Waals surface area contributed by atoms with Gasteiger partial charge in [0.05, 0.1) is 5.52 Å². The second kappa shape index (κ2) is 7.48. The Hall–Kier alpha value is -2.74. The molecule has 0 atom stereocenters. The van der Waals surface area contributed by atoms with Crippen LogP contribution >= 0.6 is 11.5 Å². The Labute approximate surface area is 160 Å². The molecule has 0 radical (unpaired) electrons. The third-order valence-corrected chi connectivity index (χ3v) is 5.10. The Bertz CT molecular complexity index is 1120. The highest BCUT2D eigenvalue weighted by Gasteiger charge is 2.18. The molecule has 0 bridgehead atoms. The Balaban J connectivity index is 2.00. The Morgan fingerprint density at radius 2 is 1.96 bits per heavy atom. The number of nitrogens with zero attached hydrogens (tertiary/aromatic N) is 3. The van der Waals surface area contributed by atoms with Crippen LogP contribution in [0.1, 0.15) is 25.0 Å². The van der Waals surface area contributed by atoms with E-state index in [0.29, 0.717) is 11.2 Å². The van der Waals surface area contributed by atoms with Gasteiger partial charge in [-0.2, -0.15) is 4.37 Å². The molecule has 7 nitrogen and oxygen atoms in total. The fourth-order valence-corrected chi connectivity index (χ4v) is 3.60. The highest BCUT2D eigenvalue weighted by Crippen LogP contribution is 2.18. The van der Waals surface area contributed by atoms with Gasteiger partial charge in [-0.15, -0.1) is 0 Å². The summed E-state index contributed by atoms with van der Waals surface area (Å²) >= 11 is 1.10. The van der Waals surface area contributed by atoms with Crippen molar-refractivity contribution in [2.75, 3.05) is 5.32 Å². The zero-order chi connectivity index (χ0) is 19.7. The first-order valence-corrected chi connectivity index (χ1v) is 9.57. The van der Waals surface area contributed by atoms with Crippen molar-refractivity contribution in [2.24, 2.45) is 5.92 Å². The minimum absolute atomic E-state index is 0.115. The van der Waals surface area contributed by atoms with Crippen LogP contribution in [0.15, 0.2) is 33.2 Å². The summed E-state index contributed by atoms with van der Waals surface area (Å²) in [6.45, 7) is 7.85. The van der Waals surface area contributed by atoms with Crippen LogP contribution < -0.4 is 16.6 Å². The predicted octanol–water partition coefficient (Wildman–Crippen LogP) is 2.53. The first-order chi connectivity index (χ1) is 12.8. The summed E-state index contributed by atoms with van der Waals surface area (Å²) in [5.74, 6) is -0.211. The summed E-state index contributed by atoms with van der Waals surface area (Å²) in [5, 5.41) is 4.48. The molecule has 1 amide bonds. The van der Waals surface area contributed by atoms with Gasteiger partial charge in [-0.25, -0.2) is 4.79 Å². The number of nitrogens with one attached hydrogen (secondary N) is 1. The topological polar surface area (TPSA) is 86.0 Å². The summed E-state index contributed by atoms with van der Waals surface area (Å²) in [5.41, 5.74) is 2.48. The maximum absolute atomic E-state index is 12.9. The molecule has 2 aromatic heterocycles. The van der Waals surface area contributed by atoms with E-state index in [4.69, 9.17) is 0 Å². The lowest BCUT2D eigenvalue weighted by Crippen LogP contribution is -2.42. The van der Waals surface area contributed by atoms with Gasteiger partial charge in [0.1, 0.15) is 6.54 Å². The summed E-state index contributed by atoms with van der Waals surface area (Å²) in [4.78, 5) is 38.0. The van der Waals surface area contributed by atoms with E-state index in [1.165, 1.54) is 4.57 Å². The molecule has 0 fully saturated rings. The largest absolute Gasteiger partial charge is 0.332 e. The minimum Gasteiger partial charge on any atom is -0.324 e. The van der Waals surface area contributed by atoms with Crippen molar-refractivity contribution < 1.29 is 4.79 Å². The molecule has 0 saturated heterocycles. The van der Waals surface area contributed by atoms with E-state index in [-0.39, 0.29) is 30.4 Å². The van der Waals surface area contributed by atoms with Crippen molar-refractivity contribution in [2.45, 2.75) is 40.8 Å². The molecule has 27 heavy (non-hydrogen) atoms. The number of amides is 1. The van der Waals surface area contributed by atoms with Crippen LogP contribution in [0.4, 0.5) is 5.69 Å². The van der Waals surface area contributed by atoms with E-state index in [0.717, 1.165) is 27.2 Å². The number of hydrogen-bond donors (Lipinski definition) is 1. The SMILES string of the molecule is Cc1cccc(NC(=O)Cn2c(=O)n(CC(C)C)c(=O)c3nscc32)c1C. The molecular weight excluding hydrogens is 364 g/mol. The van der Waals surface area contributed by atoms with E-state index in [1.54, 1.807) is 5.38 Å². The lowest BCUT2D eigenvalue weighted by atomic mass is 10.1. The highest BCUT2D eigenvalue weighted by molar-refractivity contribution is 7.04. The lowest BCUT2D eigenvalue weighted by Gasteiger charge is -2.14.